The fourth-order valence-electron chi connectivity index (χ4n) is 1.29. The number of hydrogen-bond donors (Lipinski definition) is 1. The van der Waals surface area contributed by atoms with Crippen LogP contribution in [-0.2, 0) is 6.54 Å². The van der Waals surface area contributed by atoms with Crippen molar-refractivity contribution in [2.24, 2.45) is 0 Å². The Morgan fingerprint density at radius 1 is 1.53 bits per heavy atom. The molecule has 0 fully saturated rings. The molecule has 5 nitrogen and oxygen atoms in total. The van der Waals surface area contributed by atoms with Gasteiger partial charge in [0.15, 0.2) is 5.75 Å². The summed E-state index contributed by atoms with van der Waals surface area (Å²) in [6.07, 6.45) is -2.66. The van der Waals surface area contributed by atoms with E-state index < -0.39 is 18.0 Å². The average Bonchev–Trinajstić information content (AvgIpc) is 2.27. The number of nitrogens with one attached hydrogen (secondary N) is 1. The molecule has 1 aromatic rings. The zero-order valence-electron chi connectivity index (χ0n) is 9.15. The Balaban J connectivity index is 2.92. The third-order valence-corrected chi connectivity index (χ3v) is 1.97. The maximum atomic E-state index is 11.9. The zero-order chi connectivity index (χ0) is 12.8. The first-order valence-electron chi connectivity index (χ1n) is 4.87. The van der Waals surface area contributed by atoms with E-state index in [1.54, 1.807) is 13.1 Å². The van der Waals surface area contributed by atoms with Crippen LogP contribution >= 0.6 is 0 Å². The SMILES string of the molecule is CNCc1ccc(OCC(F)F)c([N+](=O)[O-])c1. The molecule has 0 aliphatic rings. The molecule has 17 heavy (non-hydrogen) atoms. The van der Waals surface area contributed by atoms with Crippen LogP contribution in [-0.4, -0.2) is 25.0 Å². The van der Waals surface area contributed by atoms with E-state index in [0.717, 1.165) is 0 Å². The molecule has 0 unspecified atom stereocenters. The molecule has 0 amide bonds. The van der Waals surface area contributed by atoms with Crippen LogP contribution in [0.4, 0.5) is 14.5 Å². The Bertz CT molecular complexity index is 399. The predicted molar refractivity (Wildman–Crippen MR) is 57.4 cm³/mol. The van der Waals surface area contributed by atoms with Gasteiger partial charge in [0.05, 0.1) is 4.92 Å². The Labute approximate surface area is 96.5 Å². The molecule has 0 aliphatic carbocycles. The second-order valence-corrected chi connectivity index (χ2v) is 3.29. The summed E-state index contributed by atoms with van der Waals surface area (Å²) in [4.78, 5) is 10.1. The minimum absolute atomic E-state index is 0.143. The molecule has 94 valence electrons. The Morgan fingerprint density at radius 3 is 2.76 bits per heavy atom. The highest BCUT2D eigenvalue weighted by Gasteiger charge is 2.17. The zero-order valence-corrected chi connectivity index (χ0v) is 9.15. The molecular formula is C10H12F2N2O3. The number of alkyl halides is 2. The Kier molecular flexibility index (Phi) is 4.77. The van der Waals surface area contributed by atoms with Gasteiger partial charge in [0, 0.05) is 12.6 Å². The number of halogens is 2. The summed E-state index contributed by atoms with van der Waals surface area (Å²) in [7, 11) is 1.70. The van der Waals surface area contributed by atoms with E-state index in [1.807, 2.05) is 0 Å². The minimum atomic E-state index is -2.66. The first kappa shape index (κ1) is 13.3. The summed E-state index contributed by atoms with van der Waals surface area (Å²) in [6, 6.07) is 4.22. The topological polar surface area (TPSA) is 64.4 Å². The van der Waals surface area contributed by atoms with Crippen LogP contribution in [0.15, 0.2) is 18.2 Å². The van der Waals surface area contributed by atoms with Gasteiger partial charge in [0.1, 0.15) is 6.61 Å². The van der Waals surface area contributed by atoms with Gasteiger partial charge in [-0.15, -0.1) is 0 Å². The Morgan fingerprint density at radius 2 is 2.24 bits per heavy atom. The van der Waals surface area contributed by atoms with Crippen molar-refractivity contribution in [3.8, 4) is 5.75 Å². The van der Waals surface area contributed by atoms with E-state index in [4.69, 9.17) is 0 Å². The van der Waals surface area contributed by atoms with Crippen molar-refractivity contribution in [2.75, 3.05) is 13.7 Å². The molecule has 0 bridgehead atoms. The number of benzene rings is 1. The quantitative estimate of drug-likeness (QED) is 0.615. The van der Waals surface area contributed by atoms with Crippen LogP contribution in [0.2, 0.25) is 0 Å². The smallest absolute Gasteiger partial charge is 0.311 e. The third kappa shape index (κ3) is 3.95. The standard InChI is InChI=1S/C10H12F2N2O3/c1-13-5-7-2-3-9(17-6-10(11)12)8(4-7)14(15)16/h2-4,10,13H,5-6H2,1H3. The Hall–Kier alpha value is -1.76. The largest absolute Gasteiger partial charge is 0.481 e. The molecule has 1 rings (SSSR count). The molecule has 0 aromatic heterocycles. The van der Waals surface area contributed by atoms with Gasteiger partial charge in [-0.2, -0.15) is 0 Å². The van der Waals surface area contributed by atoms with E-state index in [1.165, 1.54) is 12.1 Å². The molecule has 0 saturated carbocycles. The lowest BCUT2D eigenvalue weighted by atomic mass is 10.2. The molecule has 1 N–H and O–H groups in total. The molecule has 0 atom stereocenters. The van der Waals surface area contributed by atoms with Gasteiger partial charge in [-0.3, -0.25) is 10.1 Å². The molecule has 0 spiro atoms. The van der Waals surface area contributed by atoms with Crippen molar-refractivity contribution in [1.29, 1.82) is 0 Å². The van der Waals surface area contributed by atoms with Crippen molar-refractivity contribution >= 4 is 5.69 Å². The lowest BCUT2D eigenvalue weighted by molar-refractivity contribution is -0.386. The number of hydrogen-bond acceptors (Lipinski definition) is 4. The highest BCUT2D eigenvalue weighted by atomic mass is 19.3. The molecule has 1 aromatic carbocycles. The van der Waals surface area contributed by atoms with Crippen molar-refractivity contribution in [3.63, 3.8) is 0 Å². The van der Waals surface area contributed by atoms with E-state index in [2.05, 4.69) is 10.1 Å². The van der Waals surface area contributed by atoms with Gasteiger partial charge >= 0.3 is 5.69 Å². The lowest BCUT2D eigenvalue weighted by Gasteiger charge is -2.07. The average molecular weight is 246 g/mol. The van der Waals surface area contributed by atoms with Crippen LogP contribution in [0.25, 0.3) is 0 Å². The second-order valence-electron chi connectivity index (χ2n) is 3.29. The predicted octanol–water partition coefficient (Wildman–Crippen LogP) is 1.96. The van der Waals surface area contributed by atoms with Crippen molar-refractivity contribution in [3.05, 3.63) is 33.9 Å². The highest BCUT2D eigenvalue weighted by Crippen LogP contribution is 2.28. The van der Waals surface area contributed by atoms with Gasteiger partial charge in [-0.1, -0.05) is 6.07 Å². The summed E-state index contributed by atoms with van der Waals surface area (Å²) in [6.45, 7) is -0.401. The number of nitrogens with zero attached hydrogens (tertiary/aromatic N) is 1. The molecular weight excluding hydrogens is 234 g/mol. The molecule has 0 heterocycles. The third-order valence-electron chi connectivity index (χ3n) is 1.97. The van der Waals surface area contributed by atoms with Crippen LogP contribution in [0.3, 0.4) is 0 Å². The molecule has 7 heteroatoms. The second kappa shape index (κ2) is 6.09. The number of rotatable bonds is 6. The summed E-state index contributed by atoms with van der Waals surface area (Å²) < 4.78 is 28.6. The fourth-order valence-corrected chi connectivity index (χ4v) is 1.29. The normalized spacial score (nSPS) is 10.6. The maximum absolute atomic E-state index is 11.9. The summed E-state index contributed by atoms with van der Waals surface area (Å²) in [5.41, 5.74) is 0.377. The summed E-state index contributed by atoms with van der Waals surface area (Å²) in [5, 5.41) is 13.6. The summed E-state index contributed by atoms with van der Waals surface area (Å²) >= 11 is 0. The number of ether oxygens (including phenoxy) is 1. The van der Waals surface area contributed by atoms with Gasteiger partial charge < -0.3 is 10.1 Å². The monoisotopic (exact) mass is 246 g/mol. The first-order valence-corrected chi connectivity index (χ1v) is 4.87. The van der Waals surface area contributed by atoms with Crippen LogP contribution in [0.5, 0.6) is 5.75 Å². The van der Waals surface area contributed by atoms with Crippen LogP contribution in [0.1, 0.15) is 5.56 Å². The highest BCUT2D eigenvalue weighted by molar-refractivity contribution is 5.48. The van der Waals surface area contributed by atoms with Crippen LogP contribution < -0.4 is 10.1 Å². The van der Waals surface area contributed by atoms with E-state index in [9.17, 15) is 18.9 Å². The van der Waals surface area contributed by atoms with Gasteiger partial charge in [0.25, 0.3) is 6.43 Å². The molecule has 0 radical (unpaired) electrons. The first-order chi connectivity index (χ1) is 8.04. The summed E-state index contributed by atoms with van der Waals surface area (Å²) in [5.74, 6) is -0.143. The lowest BCUT2D eigenvalue weighted by Crippen LogP contribution is -2.09. The number of nitro benzene ring substituents is 1. The van der Waals surface area contributed by atoms with E-state index >= 15 is 0 Å². The van der Waals surface area contributed by atoms with Crippen molar-refractivity contribution in [2.45, 2.75) is 13.0 Å². The van der Waals surface area contributed by atoms with Crippen molar-refractivity contribution < 1.29 is 18.4 Å². The molecule has 0 aliphatic heterocycles. The van der Waals surface area contributed by atoms with Crippen molar-refractivity contribution in [1.82, 2.24) is 5.32 Å². The van der Waals surface area contributed by atoms with Crippen LogP contribution in [0, 0.1) is 10.1 Å². The molecule has 0 saturated heterocycles. The van der Waals surface area contributed by atoms with E-state index in [-0.39, 0.29) is 11.4 Å². The number of nitro groups is 1. The van der Waals surface area contributed by atoms with Gasteiger partial charge in [-0.25, -0.2) is 8.78 Å². The van der Waals surface area contributed by atoms with E-state index in [0.29, 0.717) is 12.1 Å². The maximum Gasteiger partial charge on any atom is 0.311 e. The fraction of sp³-hybridized carbons (Fsp3) is 0.400. The van der Waals surface area contributed by atoms with Gasteiger partial charge in [0.2, 0.25) is 0 Å². The minimum Gasteiger partial charge on any atom is -0.481 e. The van der Waals surface area contributed by atoms with Gasteiger partial charge in [-0.05, 0) is 18.7 Å².